The van der Waals surface area contributed by atoms with Crippen molar-refractivity contribution in [1.29, 1.82) is 0 Å². The van der Waals surface area contributed by atoms with Gasteiger partial charge in [-0.05, 0) is 18.9 Å². The monoisotopic (exact) mass is 246 g/mol. The van der Waals surface area contributed by atoms with Gasteiger partial charge in [0.2, 0.25) is 0 Å². The fourth-order valence-corrected chi connectivity index (χ4v) is 1.68. The van der Waals surface area contributed by atoms with Gasteiger partial charge in [0, 0.05) is 12.2 Å². The minimum Gasteiger partial charge on any atom is -0.494 e. The maximum atomic E-state index is 5.24. The molecule has 1 aliphatic carbocycles. The van der Waals surface area contributed by atoms with E-state index in [0.29, 0.717) is 30.1 Å². The van der Waals surface area contributed by atoms with Gasteiger partial charge in [-0.15, -0.1) is 0 Å². The van der Waals surface area contributed by atoms with Crippen LogP contribution in [-0.2, 0) is 6.54 Å². The molecule has 0 unspecified atom stereocenters. The Balaban J connectivity index is 1.78. The van der Waals surface area contributed by atoms with Crippen LogP contribution < -0.4 is 10.1 Å². The third-order valence-corrected chi connectivity index (χ3v) is 2.83. The normalized spacial score (nSPS) is 14.7. The Hall–Kier alpha value is -1.95. The van der Waals surface area contributed by atoms with Crippen LogP contribution in [0.1, 0.15) is 18.7 Å². The van der Waals surface area contributed by atoms with Crippen molar-refractivity contribution in [2.75, 3.05) is 7.11 Å². The van der Waals surface area contributed by atoms with E-state index in [1.807, 2.05) is 0 Å². The predicted molar refractivity (Wildman–Crippen MR) is 63.9 cm³/mol. The first-order valence-corrected chi connectivity index (χ1v) is 5.91. The van der Waals surface area contributed by atoms with E-state index in [1.165, 1.54) is 12.8 Å². The summed E-state index contributed by atoms with van der Waals surface area (Å²) in [5.74, 6) is 1.75. The van der Waals surface area contributed by atoms with E-state index in [-0.39, 0.29) is 0 Å². The Morgan fingerprint density at radius 2 is 2.39 bits per heavy atom. The number of methoxy groups -OCH3 is 1. The zero-order chi connectivity index (χ0) is 12.4. The number of hydrogen-bond acceptors (Lipinski definition) is 6. The molecular formula is C12H14N4O2. The second-order valence-electron chi connectivity index (χ2n) is 4.25. The third-order valence-electron chi connectivity index (χ3n) is 2.83. The molecule has 0 bridgehead atoms. The highest BCUT2D eigenvalue weighted by Gasteiger charge is 2.21. The molecule has 94 valence electrons. The Morgan fingerprint density at radius 1 is 1.50 bits per heavy atom. The molecule has 6 heteroatoms. The van der Waals surface area contributed by atoms with Crippen LogP contribution in [0.5, 0.6) is 5.75 Å². The fourth-order valence-electron chi connectivity index (χ4n) is 1.68. The van der Waals surface area contributed by atoms with Crippen LogP contribution in [0, 0.1) is 0 Å². The molecular weight excluding hydrogens is 232 g/mol. The average molecular weight is 246 g/mol. The lowest BCUT2D eigenvalue weighted by atomic mass is 10.2. The molecule has 18 heavy (non-hydrogen) atoms. The third kappa shape index (κ3) is 2.33. The highest BCUT2D eigenvalue weighted by Crippen LogP contribution is 2.27. The molecule has 0 aliphatic heterocycles. The molecule has 1 aliphatic rings. The maximum absolute atomic E-state index is 5.24. The van der Waals surface area contributed by atoms with Gasteiger partial charge >= 0.3 is 0 Å². The second kappa shape index (κ2) is 4.73. The molecule has 0 radical (unpaired) electrons. The van der Waals surface area contributed by atoms with Crippen molar-refractivity contribution in [3.8, 4) is 17.2 Å². The number of nitrogens with one attached hydrogen (secondary N) is 1. The van der Waals surface area contributed by atoms with Gasteiger partial charge in [0.25, 0.3) is 5.89 Å². The van der Waals surface area contributed by atoms with Gasteiger partial charge in [-0.2, -0.15) is 4.98 Å². The average Bonchev–Trinajstić information content (AvgIpc) is 3.13. The highest BCUT2D eigenvalue weighted by molar-refractivity contribution is 5.61. The number of rotatable bonds is 5. The van der Waals surface area contributed by atoms with E-state index in [4.69, 9.17) is 9.26 Å². The molecule has 2 aromatic heterocycles. The molecule has 2 heterocycles. The standard InChI is InChI=1S/C12H14N4O2/c1-17-10-6-13-5-4-9(10)12-15-11(16-18-12)7-14-8-2-3-8/h4-6,8,14H,2-3,7H2,1H3. The minimum absolute atomic E-state index is 0.460. The predicted octanol–water partition coefficient (Wildman–Crippen LogP) is 1.39. The molecule has 0 aromatic carbocycles. The van der Waals surface area contributed by atoms with Crippen molar-refractivity contribution >= 4 is 0 Å². The number of hydrogen-bond donors (Lipinski definition) is 1. The molecule has 0 saturated heterocycles. The fraction of sp³-hybridized carbons (Fsp3) is 0.417. The molecule has 0 amide bonds. The van der Waals surface area contributed by atoms with Gasteiger partial charge in [-0.3, -0.25) is 4.98 Å². The van der Waals surface area contributed by atoms with E-state index in [9.17, 15) is 0 Å². The van der Waals surface area contributed by atoms with Crippen LogP contribution in [0.3, 0.4) is 0 Å². The van der Waals surface area contributed by atoms with Crippen LogP contribution in [-0.4, -0.2) is 28.3 Å². The van der Waals surface area contributed by atoms with Gasteiger partial charge in [-0.25, -0.2) is 0 Å². The number of ether oxygens (including phenoxy) is 1. The molecule has 6 nitrogen and oxygen atoms in total. The Labute approximate surface area is 104 Å². The van der Waals surface area contributed by atoms with Gasteiger partial charge in [0.15, 0.2) is 5.82 Å². The van der Waals surface area contributed by atoms with Crippen molar-refractivity contribution in [3.05, 3.63) is 24.3 Å². The number of nitrogens with zero attached hydrogens (tertiary/aromatic N) is 3. The largest absolute Gasteiger partial charge is 0.494 e. The molecule has 0 atom stereocenters. The van der Waals surface area contributed by atoms with Crippen LogP contribution in [0.15, 0.2) is 23.0 Å². The molecule has 1 saturated carbocycles. The molecule has 1 fully saturated rings. The van der Waals surface area contributed by atoms with E-state index in [2.05, 4.69) is 20.4 Å². The van der Waals surface area contributed by atoms with Crippen molar-refractivity contribution in [2.45, 2.75) is 25.4 Å². The van der Waals surface area contributed by atoms with E-state index < -0.39 is 0 Å². The van der Waals surface area contributed by atoms with Crippen molar-refractivity contribution in [3.63, 3.8) is 0 Å². The minimum atomic E-state index is 0.460. The van der Waals surface area contributed by atoms with E-state index in [1.54, 1.807) is 25.6 Å². The van der Waals surface area contributed by atoms with Crippen molar-refractivity contribution in [2.24, 2.45) is 0 Å². The van der Waals surface area contributed by atoms with Crippen LogP contribution in [0.25, 0.3) is 11.5 Å². The molecule has 2 aromatic rings. The molecule has 1 N–H and O–H groups in total. The summed E-state index contributed by atoms with van der Waals surface area (Å²) in [5, 5.41) is 7.28. The smallest absolute Gasteiger partial charge is 0.261 e. The Bertz CT molecular complexity index is 536. The lowest BCUT2D eigenvalue weighted by Crippen LogP contribution is -2.16. The summed E-state index contributed by atoms with van der Waals surface area (Å²) in [4.78, 5) is 8.33. The summed E-state index contributed by atoms with van der Waals surface area (Å²) in [6, 6.07) is 2.42. The second-order valence-corrected chi connectivity index (χ2v) is 4.25. The summed E-state index contributed by atoms with van der Waals surface area (Å²) in [6.07, 6.45) is 5.78. The van der Waals surface area contributed by atoms with Crippen LogP contribution >= 0.6 is 0 Å². The summed E-state index contributed by atoms with van der Waals surface area (Å²) in [6.45, 7) is 0.640. The molecule has 0 spiro atoms. The lowest BCUT2D eigenvalue weighted by molar-refractivity contribution is 0.400. The summed E-state index contributed by atoms with van der Waals surface area (Å²) in [5.41, 5.74) is 0.762. The van der Waals surface area contributed by atoms with E-state index >= 15 is 0 Å². The summed E-state index contributed by atoms with van der Waals surface area (Å²) in [7, 11) is 1.59. The zero-order valence-corrected chi connectivity index (χ0v) is 10.1. The highest BCUT2D eigenvalue weighted by atomic mass is 16.5. The van der Waals surface area contributed by atoms with Crippen molar-refractivity contribution in [1.82, 2.24) is 20.4 Å². The van der Waals surface area contributed by atoms with Crippen LogP contribution in [0.4, 0.5) is 0 Å². The van der Waals surface area contributed by atoms with Crippen molar-refractivity contribution < 1.29 is 9.26 Å². The van der Waals surface area contributed by atoms with Gasteiger partial charge in [0.05, 0.1) is 25.4 Å². The van der Waals surface area contributed by atoms with Gasteiger partial charge < -0.3 is 14.6 Å². The van der Waals surface area contributed by atoms with E-state index in [0.717, 1.165) is 5.56 Å². The molecule has 3 rings (SSSR count). The topological polar surface area (TPSA) is 73.1 Å². The van der Waals surface area contributed by atoms with Gasteiger partial charge in [0.1, 0.15) is 5.75 Å². The van der Waals surface area contributed by atoms with Crippen LogP contribution in [0.2, 0.25) is 0 Å². The SMILES string of the molecule is COc1cnccc1-c1nc(CNC2CC2)no1. The van der Waals surface area contributed by atoms with Gasteiger partial charge in [-0.1, -0.05) is 5.16 Å². The maximum Gasteiger partial charge on any atom is 0.261 e. The summed E-state index contributed by atoms with van der Waals surface area (Å²) >= 11 is 0. The first-order chi connectivity index (χ1) is 8.86. The number of aromatic nitrogens is 3. The zero-order valence-electron chi connectivity index (χ0n) is 10.1. The Morgan fingerprint density at radius 3 is 3.17 bits per heavy atom. The summed E-state index contributed by atoms with van der Waals surface area (Å²) < 4.78 is 10.4. The first-order valence-electron chi connectivity index (χ1n) is 5.91. The Kier molecular flexibility index (Phi) is 2.93. The lowest BCUT2D eigenvalue weighted by Gasteiger charge is -2.02. The number of pyridine rings is 1. The first kappa shape index (κ1) is 11.2. The quantitative estimate of drug-likeness (QED) is 0.859.